The van der Waals surface area contributed by atoms with Gasteiger partial charge >= 0.3 is 0 Å². The van der Waals surface area contributed by atoms with E-state index in [0.717, 1.165) is 35.3 Å². The van der Waals surface area contributed by atoms with Crippen LogP contribution in [0.3, 0.4) is 0 Å². The van der Waals surface area contributed by atoms with Crippen molar-refractivity contribution < 1.29 is 4.74 Å². The molecular formula is C19H35N3O. The Morgan fingerprint density at radius 1 is 0.826 bits per heavy atom. The highest BCUT2D eigenvalue weighted by atomic mass is 16.5. The molecule has 0 spiro atoms. The van der Waals surface area contributed by atoms with Gasteiger partial charge in [-0.05, 0) is 65.7 Å². The molecule has 0 bridgehead atoms. The van der Waals surface area contributed by atoms with Gasteiger partial charge in [0.1, 0.15) is 5.75 Å². The van der Waals surface area contributed by atoms with E-state index in [1.54, 1.807) is 0 Å². The van der Waals surface area contributed by atoms with Crippen molar-refractivity contribution in [3.05, 3.63) is 28.8 Å². The monoisotopic (exact) mass is 321 g/mol. The highest BCUT2D eigenvalue weighted by molar-refractivity contribution is 5.51. The topological polar surface area (TPSA) is 87.3 Å². The molecule has 0 amide bonds. The van der Waals surface area contributed by atoms with Gasteiger partial charge < -0.3 is 21.9 Å². The first kappa shape index (κ1) is 19.9. The fourth-order valence-electron chi connectivity index (χ4n) is 2.43. The van der Waals surface area contributed by atoms with Gasteiger partial charge in [0.15, 0.2) is 0 Å². The first-order valence-electron chi connectivity index (χ1n) is 8.47. The summed E-state index contributed by atoms with van der Waals surface area (Å²) in [6, 6.07) is 4.13. The molecule has 0 heterocycles. The van der Waals surface area contributed by atoms with Crippen molar-refractivity contribution in [2.24, 2.45) is 17.2 Å². The molecular weight excluding hydrogens is 286 g/mol. The van der Waals surface area contributed by atoms with E-state index < -0.39 is 16.6 Å². The van der Waals surface area contributed by atoms with Gasteiger partial charge in [0, 0.05) is 27.7 Å². The van der Waals surface area contributed by atoms with Crippen LogP contribution in [0.1, 0.15) is 78.0 Å². The molecule has 0 aromatic heterocycles. The third-order valence-electron chi connectivity index (χ3n) is 3.97. The van der Waals surface area contributed by atoms with Crippen LogP contribution in [-0.4, -0.2) is 6.61 Å². The van der Waals surface area contributed by atoms with Gasteiger partial charge in [0.25, 0.3) is 0 Å². The molecule has 0 aliphatic rings. The van der Waals surface area contributed by atoms with Crippen LogP contribution in [0.4, 0.5) is 0 Å². The Bertz CT molecular complexity index is 496. The van der Waals surface area contributed by atoms with Crippen LogP contribution in [-0.2, 0) is 16.6 Å². The maximum atomic E-state index is 6.42. The smallest absolute Gasteiger partial charge is 0.129 e. The van der Waals surface area contributed by atoms with Gasteiger partial charge in [-0.2, -0.15) is 0 Å². The molecule has 0 saturated heterocycles. The molecule has 0 radical (unpaired) electrons. The molecule has 0 unspecified atom stereocenters. The molecule has 6 N–H and O–H groups in total. The van der Waals surface area contributed by atoms with Crippen molar-refractivity contribution in [2.45, 2.75) is 77.9 Å². The second-order valence-electron chi connectivity index (χ2n) is 8.27. The summed E-state index contributed by atoms with van der Waals surface area (Å²) in [5.41, 5.74) is 20.6. The van der Waals surface area contributed by atoms with E-state index in [4.69, 9.17) is 21.9 Å². The molecule has 4 nitrogen and oxygen atoms in total. The van der Waals surface area contributed by atoms with Crippen molar-refractivity contribution in [1.82, 2.24) is 0 Å². The van der Waals surface area contributed by atoms with Gasteiger partial charge in [-0.25, -0.2) is 0 Å². The Kier molecular flexibility index (Phi) is 5.89. The lowest BCUT2D eigenvalue weighted by Crippen LogP contribution is -2.36. The zero-order valence-corrected chi connectivity index (χ0v) is 15.9. The predicted molar refractivity (Wildman–Crippen MR) is 98.5 cm³/mol. The first-order valence-corrected chi connectivity index (χ1v) is 8.47. The van der Waals surface area contributed by atoms with E-state index in [-0.39, 0.29) is 0 Å². The second-order valence-corrected chi connectivity index (χ2v) is 8.27. The Hall–Kier alpha value is -1.10. The summed E-state index contributed by atoms with van der Waals surface area (Å²) in [6.07, 6.45) is 2.08. The maximum Gasteiger partial charge on any atom is 0.129 e. The lowest BCUT2D eigenvalue weighted by Gasteiger charge is -2.32. The molecule has 0 aliphatic carbocycles. The molecule has 23 heavy (non-hydrogen) atoms. The third-order valence-corrected chi connectivity index (χ3v) is 3.97. The lowest BCUT2D eigenvalue weighted by molar-refractivity contribution is 0.290. The Labute approximate surface area is 141 Å². The SMILES string of the molecule is CCCCOc1c(C(C)(C)N)cc(C(C)(C)N)cc1C(C)(C)N. The van der Waals surface area contributed by atoms with Crippen molar-refractivity contribution in [1.29, 1.82) is 0 Å². The maximum absolute atomic E-state index is 6.42. The standard InChI is InChI=1S/C19H35N3O/c1-8-9-10-23-16-14(18(4,5)21)11-13(17(2,3)20)12-15(16)19(6,7)22/h11-12H,8-10,20-22H2,1-7H3. The van der Waals surface area contributed by atoms with E-state index >= 15 is 0 Å². The molecule has 1 aromatic rings. The number of benzene rings is 1. The fraction of sp³-hybridized carbons (Fsp3) is 0.684. The van der Waals surface area contributed by atoms with Gasteiger partial charge in [-0.15, -0.1) is 0 Å². The molecule has 0 fully saturated rings. The molecule has 0 saturated carbocycles. The van der Waals surface area contributed by atoms with E-state index in [1.807, 2.05) is 41.5 Å². The van der Waals surface area contributed by atoms with Crippen molar-refractivity contribution in [3.8, 4) is 5.75 Å². The van der Waals surface area contributed by atoms with Crippen LogP contribution in [0.2, 0.25) is 0 Å². The minimum Gasteiger partial charge on any atom is -0.493 e. The summed E-state index contributed by atoms with van der Waals surface area (Å²) >= 11 is 0. The second kappa shape index (κ2) is 6.80. The first-order chi connectivity index (χ1) is 10.3. The quantitative estimate of drug-likeness (QED) is 0.671. The summed E-state index contributed by atoms with van der Waals surface area (Å²) < 4.78 is 6.13. The van der Waals surface area contributed by atoms with Crippen molar-refractivity contribution >= 4 is 0 Å². The Morgan fingerprint density at radius 3 is 1.57 bits per heavy atom. The molecule has 4 heteroatoms. The highest BCUT2D eigenvalue weighted by Crippen LogP contribution is 2.39. The lowest BCUT2D eigenvalue weighted by atomic mass is 9.81. The van der Waals surface area contributed by atoms with Gasteiger partial charge in [0.05, 0.1) is 6.61 Å². The van der Waals surface area contributed by atoms with Crippen molar-refractivity contribution in [3.63, 3.8) is 0 Å². The average molecular weight is 322 g/mol. The van der Waals surface area contributed by atoms with Crippen LogP contribution in [0.15, 0.2) is 12.1 Å². The van der Waals surface area contributed by atoms with Gasteiger partial charge in [-0.3, -0.25) is 0 Å². The predicted octanol–water partition coefficient (Wildman–Crippen LogP) is 3.45. The summed E-state index contributed by atoms with van der Waals surface area (Å²) in [5, 5.41) is 0. The van der Waals surface area contributed by atoms with Crippen molar-refractivity contribution in [2.75, 3.05) is 6.61 Å². The number of hydrogen-bond donors (Lipinski definition) is 3. The fourth-order valence-corrected chi connectivity index (χ4v) is 2.43. The number of rotatable bonds is 7. The van der Waals surface area contributed by atoms with Crippen LogP contribution in [0.5, 0.6) is 5.75 Å². The van der Waals surface area contributed by atoms with E-state index in [9.17, 15) is 0 Å². The number of ether oxygens (including phenoxy) is 1. The van der Waals surface area contributed by atoms with Crippen LogP contribution < -0.4 is 21.9 Å². The minimum atomic E-state index is -0.539. The van der Waals surface area contributed by atoms with Crippen LogP contribution in [0.25, 0.3) is 0 Å². The third kappa shape index (κ3) is 5.20. The summed E-state index contributed by atoms with van der Waals surface area (Å²) in [4.78, 5) is 0. The zero-order chi connectivity index (χ0) is 18.1. The molecule has 132 valence electrons. The molecule has 1 aromatic carbocycles. The number of unbranched alkanes of at least 4 members (excludes halogenated alkanes) is 1. The van der Waals surface area contributed by atoms with E-state index in [0.29, 0.717) is 6.61 Å². The number of nitrogens with two attached hydrogens (primary N) is 3. The van der Waals surface area contributed by atoms with Crippen LogP contribution >= 0.6 is 0 Å². The zero-order valence-electron chi connectivity index (χ0n) is 15.9. The average Bonchev–Trinajstić information content (AvgIpc) is 2.35. The largest absolute Gasteiger partial charge is 0.493 e. The normalized spacial score (nSPS) is 13.3. The minimum absolute atomic E-state index is 0.470. The summed E-state index contributed by atoms with van der Waals surface area (Å²) in [6.45, 7) is 14.7. The molecule has 0 aliphatic heterocycles. The van der Waals surface area contributed by atoms with E-state index in [1.165, 1.54) is 0 Å². The Balaban J connectivity index is 3.61. The van der Waals surface area contributed by atoms with Gasteiger partial charge in [0.2, 0.25) is 0 Å². The molecule has 1 rings (SSSR count). The molecule has 0 atom stereocenters. The highest BCUT2D eigenvalue weighted by Gasteiger charge is 2.30. The van der Waals surface area contributed by atoms with Crippen LogP contribution in [0, 0.1) is 0 Å². The van der Waals surface area contributed by atoms with Gasteiger partial charge in [-0.1, -0.05) is 13.3 Å². The summed E-state index contributed by atoms with van der Waals surface area (Å²) in [5.74, 6) is 0.812. The Morgan fingerprint density at radius 2 is 1.26 bits per heavy atom. The van der Waals surface area contributed by atoms with E-state index in [2.05, 4.69) is 19.1 Å². The number of hydrogen-bond acceptors (Lipinski definition) is 4. The summed E-state index contributed by atoms with van der Waals surface area (Å²) in [7, 11) is 0.